The molecular weight excluding hydrogens is 260 g/mol. The van der Waals surface area contributed by atoms with E-state index in [1.807, 2.05) is 12.1 Å². The van der Waals surface area contributed by atoms with Crippen molar-refractivity contribution in [2.24, 2.45) is 0 Å². The average molecular weight is 282 g/mol. The molecule has 0 aromatic carbocycles. The van der Waals surface area contributed by atoms with Crippen molar-refractivity contribution in [2.45, 2.75) is 44.9 Å². The largest absolute Gasteiger partial charge is 0.370 e. The molecule has 2 heterocycles. The molecule has 0 radical (unpaired) electrons. The number of nitrogens with one attached hydrogen (secondary N) is 1. The summed E-state index contributed by atoms with van der Waals surface area (Å²) in [6, 6.07) is 6.07. The van der Waals surface area contributed by atoms with Crippen LogP contribution in [0.5, 0.6) is 0 Å². The third kappa shape index (κ3) is 3.38. The van der Waals surface area contributed by atoms with Crippen LogP contribution in [0.1, 0.15) is 50.6 Å². The maximum atomic E-state index is 4.81. The zero-order valence-electron chi connectivity index (χ0n) is 12.5. The van der Waals surface area contributed by atoms with Gasteiger partial charge in [-0.25, -0.2) is 9.97 Å². The van der Waals surface area contributed by atoms with Gasteiger partial charge in [-0.05, 0) is 31.4 Å². The standard InChI is InChI=1S/C17H22N4/c1-2-9-19-16-12-15(13-5-3-4-6-13)20-17(21-16)14-7-10-18-11-8-14/h7-8,10-13H,2-6,9H2,1H3,(H,19,20,21). The fraction of sp³-hybridized carbons (Fsp3) is 0.471. The predicted molar refractivity (Wildman–Crippen MR) is 85.3 cm³/mol. The van der Waals surface area contributed by atoms with Gasteiger partial charge in [-0.2, -0.15) is 0 Å². The highest BCUT2D eigenvalue weighted by Gasteiger charge is 2.20. The van der Waals surface area contributed by atoms with E-state index >= 15 is 0 Å². The van der Waals surface area contributed by atoms with Crippen molar-refractivity contribution < 1.29 is 0 Å². The molecule has 0 bridgehead atoms. The summed E-state index contributed by atoms with van der Waals surface area (Å²) in [4.78, 5) is 13.5. The molecule has 1 aliphatic carbocycles. The fourth-order valence-electron chi connectivity index (χ4n) is 2.87. The normalized spacial score (nSPS) is 15.3. The average Bonchev–Trinajstić information content (AvgIpc) is 3.08. The van der Waals surface area contributed by atoms with Crippen molar-refractivity contribution in [2.75, 3.05) is 11.9 Å². The van der Waals surface area contributed by atoms with Crippen LogP contribution in [0.25, 0.3) is 11.4 Å². The molecule has 1 N–H and O–H groups in total. The SMILES string of the molecule is CCCNc1cc(C2CCCC2)nc(-c2ccncc2)n1. The minimum atomic E-state index is 0.593. The van der Waals surface area contributed by atoms with Crippen molar-refractivity contribution in [1.82, 2.24) is 15.0 Å². The molecule has 0 atom stereocenters. The smallest absolute Gasteiger partial charge is 0.161 e. The molecule has 1 saturated carbocycles. The zero-order chi connectivity index (χ0) is 14.5. The summed E-state index contributed by atoms with van der Waals surface area (Å²) in [5, 5.41) is 3.40. The Bertz CT molecular complexity index is 577. The van der Waals surface area contributed by atoms with Crippen LogP contribution >= 0.6 is 0 Å². The summed E-state index contributed by atoms with van der Waals surface area (Å²) in [5.41, 5.74) is 2.22. The van der Waals surface area contributed by atoms with Crippen molar-refractivity contribution >= 4 is 5.82 Å². The van der Waals surface area contributed by atoms with Crippen molar-refractivity contribution in [1.29, 1.82) is 0 Å². The second kappa shape index (κ2) is 6.66. The van der Waals surface area contributed by atoms with Crippen LogP contribution in [0.2, 0.25) is 0 Å². The van der Waals surface area contributed by atoms with Crippen LogP contribution in [-0.2, 0) is 0 Å². The molecule has 4 nitrogen and oxygen atoms in total. The van der Waals surface area contributed by atoms with E-state index in [1.54, 1.807) is 12.4 Å². The van der Waals surface area contributed by atoms with E-state index in [4.69, 9.17) is 4.98 Å². The number of anilines is 1. The van der Waals surface area contributed by atoms with E-state index in [1.165, 1.54) is 31.4 Å². The Kier molecular flexibility index (Phi) is 4.43. The van der Waals surface area contributed by atoms with Gasteiger partial charge in [0.05, 0.1) is 0 Å². The van der Waals surface area contributed by atoms with Crippen LogP contribution in [0.3, 0.4) is 0 Å². The molecule has 110 valence electrons. The van der Waals surface area contributed by atoms with Crippen LogP contribution in [0, 0.1) is 0 Å². The first kappa shape index (κ1) is 14.0. The maximum absolute atomic E-state index is 4.81. The molecule has 1 aliphatic rings. The fourth-order valence-corrected chi connectivity index (χ4v) is 2.87. The Balaban J connectivity index is 1.96. The summed E-state index contributed by atoms with van der Waals surface area (Å²) < 4.78 is 0. The first-order valence-electron chi connectivity index (χ1n) is 7.90. The van der Waals surface area contributed by atoms with E-state index in [-0.39, 0.29) is 0 Å². The van der Waals surface area contributed by atoms with Gasteiger partial charge in [-0.1, -0.05) is 19.8 Å². The molecule has 0 spiro atoms. The highest BCUT2D eigenvalue weighted by Crippen LogP contribution is 2.34. The lowest BCUT2D eigenvalue weighted by molar-refractivity contribution is 0.695. The van der Waals surface area contributed by atoms with Gasteiger partial charge in [-0.15, -0.1) is 0 Å². The second-order valence-electron chi connectivity index (χ2n) is 5.65. The molecule has 3 rings (SSSR count). The molecule has 4 heteroatoms. The predicted octanol–water partition coefficient (Wildman–Crippen LogP) is 4.02. The number of nitrogens with zero attached hydrogens (tertiary/aromatic N) is 3. The topological polar surface area (TPSA) is 50.7 Å². The number of hydrogen-bond donors (Lipinski definition) is 1. The molecule has 2 aromatic rings. The lowest BCUT2D eigenvalue weighted by atomic mass is 10.0. The van der Waals surface area contributed by atoms with Gasteiger partial charge in [-0.3, -0.25) is 4.98 Å². The summed E-state index contributed by atoms with van der Waals surface area (Å²) >= 11 is 0. The summed E-state index contributed by atoms with van der Waals surface area (Å²) in [6.07, 6.45) is 9.81. The molecule has 1 fully saturated rings. The minimum Gasteiger partial charge on any atom is -0.370 e. The summed E-state index contributed by atoms with van der Waals surface area (Å²) in [6.45, 7) is 3.10. The van der Waals surface area contributed by atoms with E-state index in [9.17, 15) is 0 Å². The third-order valence-electron chi connectivity index (χ3n) is 4.01. The second-order valence-corrected chi connectivity index (χ2v) is 5.65. The first-order valence-corrected chi connectivity index (χ1v) is 7.90. The Hall–Kier alpha value is -1.97. The lowest BCUT2D eigenvalue weighted by Gasteiger charge is -2.13. The monoisotopic (exact) mass is 282 g/mol. The molecular formula is C17H22N4. The minimum absolute atomic E-state index is 0.593. The Morgan fingerprint density at radius 2 is 1.90 bits per heavy atom. The molecule has 0 unspecified atom stereocenters. The van der Waals surface area contributed by atoms with Crippen LogP contribution in [-0.4, -0.2) is 21.5 Å². The van der Waals surface area contributed by atoms with Gasteiger partial charge < -0.3 is 5.32 Å². The quantitative estimate of drug-likeness (QED) is 0.900. The van der Waals surface area contributed by atoms with Gasteiger partial charge in [0.2, 0.25) is 0 Å². The Morgan fingerprint density at radius 1 is 1.14 bits per heavy atom. The maximum Gasteiger partial charge on any atom is 0.161 e. The van der Waals surface area contributed by atoms with Crippen molar-refractivity contribution in [3.05, 3.63) is 36.3 Å². The van der Waals surface area contributed by atoms with E-state index < -0.39 is 0 Å². The molecule has 2 aromatic heterocycles. The molecule has 0 amide bonds. The number of rotatable bonds is 5. The Morgan fingerprint density at radius 3 is 2.62 bits per heavy atom. The van der Waals surface area contributed by atoms with Gasteiger partial charge >= 0.3 is 0 Å². The van der Waals surface area contributed by atoms with E-state index in [0.717, 1.165) is 30.2 Å². The van der Waals surface area contributed by atoms with Crippen LogP contribution in [0.15, 0.2) is 30.6 Å². The first-order chi connectivity index (χ1) is 10.4. The summed E-state index contributed by atoms with van der Waals surface area (Å²) in [5.74, 6) is 2.34. The van der Waals surface area contributed by atoms with Gasteiger partial charge in [0.15, 0.2) is 5.82 Å². The highest BCUT2D eigenvalue weighted by atomic mass is 15.0. The van der Waals surface area contributed by atoms with Crippen LogP contribution < -0.4 is 5.32 Å². The van der Waals surface area contributed by atoms with Gasteiger partial charge in [0.25, 0.3) is 0 Å². The summed E-state index contributed by atoms with van der Waals surface area (Å²) in [7, 11) is 0. The van der Waals surface area contributed by atoms with E-state index in [2.05, 4.69) is 28.3 Å². The lowest BCUT2D eigenvalue weighted by Crippen LogP contribution is -2.07. The van der Waals surface area contributed by atoms with Crippen molar-refractivity contribution in [3.8, 4) is 11.4 Å². The number of hydrogen-bond acceptors (Lipinski definition) is 4. The molecule has 0 saturated heterocycles. The van der Waals surface area contributed by atoms with Crippen molar-refractivity contribution in [3.63, 3.8) is 0 Å². The number of aromatic nitrogens is 3. The highest BCUT2D eigenvalue weighted by molar-refractivity contribution is 5.57. The van der Waals surface area contributed by atoms with Gasteiger partial charge in [0, 0.05) is 42.2 Å². The van der Waals surface area contributed by atoms with Crippen LogP contribution in [0.4, 0.5) is 5.82 Å². The van der Waals surface area contributed by atoms with E-state index in [0.29, 0.717) is 5.92 Å². The molecule has 0 aliphatic heterocycles. The third-order valence-corrected chi connectivity index (χ3v) is 4.01. The number of pyridine rings is 1. The zero-order valence-corrected chi connectivity index (χ0v) is 12.5. The molecule has 21 heavy (non-hydrogen) atoms. The van der Waals surface area contributed by atoms with Gasteiger partial charge in [0.1, 0.15) is 5.82 Å². The Labute approximate surface area is 126 Å².